The van der Waals surface area contributed by atoms with Crippen molar-refractivity contribution in [1.82, 2.24) is 4.90 Å². The van der Waals surface area contributed by atoms with Gasteiger partial charge in [-0.3, -0.25) is 4.90 Å². The molecule has 0 radical (unpaired) electrons. The van der Waals surface area contributed by atoms with Crippen molar-refractivity contribution in [2.24, 2.45) is 5.73 Å². The molecular weight excluding hydrogens is 200 g/mol. The van der Waals surface area contributed by atoms with Crippen molar-refractivity contribution in [3.05, 3.63) is 0 Å². The third-order valence-corrected chi connectivity index (χ3v) is 3.17. The molecule has 0 aromatic heterocycles. The Bertz CT molecular complexity index is 181. The van der Waals surface area contributed by atoms with Crippen molar-refractivity contribution in [2.45, 2.75) is 65.1 Å². The van der Waals surface area contributed by atoms with Gasteiger partial charge >= 0.3 is 0 Å². The Balaban J connectivity index is 4.54. The first-order valence-corrected chi connectivity index (χ1v) is 6.39. The number of nitrogens with two attached hydrogens (primary N) is 1. The predicted octanol–water partition coefficient (Wildman–Crippen LogP) is 2.25. The van der Waals surface area contributed by atoms with Crippen molar-refractivity contribution in [3.63, 3.8) is 0 Å². The lowest BCUT2D eigenvalue weighted by molar-refractivity contribution is -0.0120. The summed E-state index contributed by atoms with van der Waals surface area (Å²) in [5.41, 5.74) is 5.81. The summed E-state index contributed by atoms with van der Waals surface area (Å²) in [6.07, 6.45) is 2.15. The highest BCUT2D eigenvalue weighted by atomic mass is 16.5. The molecule has 0 aliphatic rings. The minimum atomic E-state index is -0.0923. The Kier molecular flexibility index (Phi) is 7.20. The van der Waals surface area contributed by atoms with Gasteiger partial charge in [0.05, 0.1) is 5.60 Å². The zero-order chi connectivity index (χ0) is 12.8. The van der Waals surface area contributed by atoms with E-state index in [0.29, 0.717) is 18.6 Å². The molecule has 3 nitrogen and oxygen atoms in total. The number of hydrogen-bond acceptors (Lipinski definition) is 3. The van der Waals surface area contributed by atoms with Crippen molar-refractivity contribution in [2.75, 3.05) is 20.2 Å². The molecule has 0 fully saturated rings. The molecule has 16 heavy (non-hydrogen) atoms. The molecule has 0 aromatic carbocycles. The normalized spacial score (nSPS) is 14.8. The molecule has 3 heteroatoms. The van der Waals surface area contributed by atoms with Crippen LogP contribution in [0.15, 0.2) is 0 Å². The standard InChI is InChI=1S/C13H30N2O/c1-7-8-15(11(2)3)12(10-14)9-13(4,5)16-6/h11-12H,7-10,14H2,1-6H3. The van der Waals surface area contributed by atoms with Gasteiger partial charge in [-0.2, -0.15) is 0 Å². The van der Waals surface area contributed by atoms with Crippen LogP contribution in [0.2, 0.25) is 0 Å². The van der Waals surface area contributed by atoms with E-state index in [0.717, 1.165) is 13.0 Å². The van der Waals surface area contributed by atoms with Gasteiger partial charge in [0.15, 0.2) is 0 Å². The number of rotatable bonds is 8. The van der Waals surface area contributed by atoms with Gasteiger partial charge < -0.3 is 10.5 Å². The van der Waals surface area contributed by atoms with Crippen molar-refractivity contribution in [3.8, 4) is 0 Å². The monoisotopic (exact) mass is 230 g/mol. The lowest BCUT2D eigenvalue weighted by Crippen LogP contribution is -2.48. The maximum Gasteiger partial charge on any atom is 0.0638 e. The SMILES string of the molecule is CCCN(C(C)C)C(CN)CC(C)(C)OC. The van der Waals surface area contributed by atoms with Gasteiger partial charge in [-0.15, -0.1) is 0 Å². The van der Waals surface area contributed by atoms with E-state index in [9.17, 15) is 0 Å². The average Bonchev–Trinajstić information content (AvgIpc) is 2.22. The zero-order valence-corrected chi connectivity index (χ0v) is 11.9. The van der Waals surface area contributed by atoms with Crippen molar-refractivity contribution in [1.29, 1.82) is 0 Å². The minimum absolute atomic E-state index is 0.0923. The van der Waals surface area contributed by atoms with E-state index in [4.69, 9.17) is 10.5 Å². The molecule has 2 N–H and O–H groups in total. The van der Waals surface area contributed by atoms with E-state index in [1.807, 2.05) is 0 Å². The molecule has 0 spiro atoms. The van der Waals surface area contributed by atoms with Crippen LogP contribution in [0.5, 0.6) is 0 Å². The molecule has 0 heterocycles. The predicted molar refractivity (Wildman–Crippen MR) is 70.7 cm³/mol. The van der Waals surface area contributed by atoms with Crippen LogP contribution < -0.4 is 5.73 Å². The number of nitrogens with zero attached hydrogens (tertiary/aromatic N) is 1. The van der Waals surface area contributed by atoms with Crippen LogP contribution in [-0.2, 0) is 4.74 Å². The fourth-order valence-electron chi connectivity index (χ4n) is 2.11. The Hall–Kier alpha value is -0.120. The highest BCUT2D eigenvalue weighted by Gasteiger charge is 2.27. The van der Waals surface area contributed by atoms with E-state index in [1.54, 1.807) is 7.11 Å². The quantitative estimate of drug-likeness (QED) is 0.695. The second-order valence-corrected chi connectivity index (χ2v) is 5.39. The molecule has 0 aliphatic carbocycles. The van der Waals surface area contributed by atoms with Crippen LogP contribution in [-0.4, -0.2) is 42.8 Å². The topological polar surface area (TPSA) is 38.5 Å². The maximum absolute atomic E-state index is 5.91. The summed E-state index contributed by atoms with van der Waals surface area (Å²) >= 11 is 0. The Morgan fingerprint density at radius 1 is 1.31 bits per heavy atom. The summed E-state index contributed by atoms with van der Waals surface area (Å²) in [5.74, 6) is 0. The largest absolute Gasteiger partial charge is 0.379 e. The third kappa shape index (κ3) is 5.28. The highest BCUT2D eigenvalue weighted by molar-refractivity contribution is 4.82. The average molecular weight is 230 g/mol. The smallest absolute Gasteiger partial charge is 0.0638 e. The van der Waals surface area contributed by atoms with Gasteiger partial charge in [-0.05, 0) is 47.1 Å². The Labute approximate surface area is 101 Å². The lowest BCUT2D eigenvalue weighted by atomic mass is 9.96. The van der Waals surface area contributed by atoms with Gasteiger partial charge in [0.1, 0.15) is 0 Å². The molecule has 0 saturated heterocycles. The molecule has 0 aromatic rings. The number of ether oxygens (including phenoxy) is 1. The lowest BCUT2D eigenvalue weighted by Gasteiger charge is -2.38. The van der Waals surface area contributed by atoms with E-state index in [2.05, 4.69) is 39.5 Å². The highest BCUT2D eigenvalue weighted by Crippen LogP contribution is 2.20. The van der Waals surface area contributed by atoms with Crippen LogP contribution in [0.3, 0.4) is 0 Å². The molecule has 0 bridgehead atoms. The van der Waals surface area contributed by atoms with Gasteiger partial charge in [0.2, 0.25) is 0 Å². The number of hydrogen-bond donors (Lipinski definition) is 1. The first-order chi connectivity index (χ1) is 7.37. The van der Waals surface area contributed by atoms with E-state index < -0.39 is 0 Å². The second-order valence-electron chi connectivity index (χ2n) is 5.39. The maximum atomic E-state index is 5.91. The summed E-state index contributed by atoms with van der Waals surface area (Å²) in [6.45, 7) is 12.7. The minimum Gasteiger partial charge on any atom is -0.379 e. The molecule has 0 amide bonds. The third-order valence-electron chi connectivity index (χ3n) is 3.17. The van der Waals surface area contributed by atoms with Crippen molar-refractivity contribution < 1.29 is 4.74 Å². The zero-order valence-electron chi connectivity index (χ0n) is 11.9. The molecule has 0 saturated carbocycles. The van der Waals surface area contributed by atoms with E-state index in [-0.39, 0.29) is 5.60 Å². The van der Waals surface area contributed by atoms with E-state index in [1.165, 1.54) is 6.42 Å². The summed E-state index contributed by atoms with van der Waals surface area (Å²) < 4.78 is 5.50. The first kappa shape index (κ1) is 15.9. The Morgan fingerprint density at radius 3 is 2.19 bits per heavy atom. The van der Waals surface area contributed by atoms with Gasteiger partial charge in [-0.1, -0.05) is 6.92 Å². The van der Waals surface area contributed by atoms with Crippen molar-refractivity contribution >= 4 is 0 Å². The second kappa shape index (κ2) is 7.25. The van der Waals surface area contributed by atoms with Crippen LogP contribution in [0.25, 0.3) is 0 Å². The van der Waals surface area contributed by atoms with Crippen LogP contribution in [0.1, 0.15) is 47.5 Å². The fourth-order valence-corrected chi connectivity index (χ4v) is 2.11. The fraction of sp³-hybridized carbons (Fsp3) is 1.00. The summed E-state index contributed by atoms with van der Waals surface area (Å²) in [7, 11) is 1.77. The molecule has 1 unspecified atom stereocenters. The van der Waals surface area contributed by atoms with Gasteiger partial charge in [-0.25, -0.2) is 0 Å². The van der Waals surface area contributed by atoms with Crippen LogP contribution >= 0.6 is 0 Å². The van der Waals surface area contributed by atoms with E-state index >= 15 is 0 Å². The summed E-state index contributed by atoms with van der Waals surface area (Å²) in [5, 5.41) is 0. The van der Waals surface area contributed by atoms with Crippen LogP contribution in [0, 0.1) is 0 Å². The Morgan fingerprint density at radius 2 is 1.88 bits per heavy atom. The summed E-state index contributed by atoms with van der Waals surface area (Å²) in [6, 6.07) is 0.955. The van der Waals surface area contributed by atoms with Gasteiger partial charge in [0, 0.05) is 25.7 Å². The first-order valence-electron chi connectivity index (χ1n) is 6.39. The molecule has 1 atom stereocenters. The molecule has 0 aliphatic heterocycles. The van der Waals surface area contributed by atoms with Crippen LogP contribution in [0.4, 0.5) is 0 Å². The number of methoxy groups -OCH3 is 1. The molecule has 0 rings (SSSR count). The molecule has 98 valence electrons. The molecular formula is C13H30N2O. The van der Waals surface area contributed by atoms with Gasteiger partial charge in [0.25, 0.3) is 0 Å². The summed E-state index contributed by atoms with van der Waals surface area (Å²) in [4.78, 5) is 2.49.